The highest BCUT2D eigenvalue weighted by atomic mass is 19.1. The maximum absolute atomic E-state index is 13.3. The Morgan fingerprint density at radius 3 is 2.75 bits per heavy atom. The number of rotatable bonds is 5. The van der Waals surface area contributed by atoms with Crippen molar-refractivity contribution in [3.05, 3.63) is 71.7 Å². The molecule has 1 aromatic heterocycles. The van der Waals surface area contributed by atoms with E-state index in [0.717, 1.165) is 16.8 Å². The summed E-state index contributed by atoms with van der Waals surface area (Å²) < 4.78 is 20.7. The molecule has 5 nitrogen and oxygen atoms in total. The molecule has 0 amide bonds. The van der Waals surface area contributed by atoms with Crippen LogP contribution in [0.1, 0.15) is 11.1 Å². The molecule has 0 aliphatic rings. The Labute approximate surface area is 140 Å². The van der Waals surface area contributed by atoms with Gasteiger partial charge in [0.1, 0.15) is 12.4 Å². The van der Waals surface area contributed by atoms with E-state index in [1.54, 1.807) is 41.1 Å². The van der Waals surface area contributed by atoms with Gasteiger partial charge in [-0.1, -0.05) is 18.2 Å². The molecular weight excluding hydrogens is 307 g/mol. The molecule has 1 heterocycles. The summed E-state index contributed by atoms with van der Waals surface area (Å²) in [5.41, 5.74) is 3.64. The van der Waals surface area contributed by atoms with Crippen LogP contribution in [0.3, 0.4) is 0 Å². The van der Waals surface area contributed by atoms with E-state index in [9.17, 15) is 4.39 Å². The van der Waals surface area contributed by atoms with Crippen molar-refractivity contribution in [2.24, 2.45) is 5.84 Å². The first-order chi connectivity index (χ1) is 11.5. The van der Waals surface area contributed by atoms with Gasteiger partial charge in [0.05, 0.1) is 11.4 Å². The number of nitrogens with zero attached hydrogens (tertiary/aromatic N) is 3. The fourth-order valence-electron chi connectivity index (χ4n) is 2.50. The monoisotopic (exact) mass is 326 g/mol. The number of hydrogen-bond acceptors (Lipinski definition) is 4. The molecule has 0 radical (unpaired) electrons. The Balaban J connectivity index is 1.77. The van der Waals surface area contributed by atoms with Gasteiger partial charge in [-0.05, 0) is 36.8 Å². The zero-order valence-corrected chi connectivity index (χ0v) is 13.6. The lowest BCUT2D eigenvalue weighted by Crippen LogP contribution is -2.26. The number of benzene rings is 2. The third kappa shape index (κ3) is 3.38. The lowest BCUT2D eigenvalue weighted by molar-refractivity contribution is 0.291. The van der Waals surface area contributed by atoms with Gasteiger partial charge >= 0.3 is 0 Å². The molecule has 0 atom stereocenters. The first-order valence-corrected chi connectivity index (χ1v) is 7.56. The third-order valence-electron chi connectivity index (χ3n) is 3.77. The molecule has 3 rings (SSSR count). The van der Waals surface area contributed by atoms with Crippen LogP contribution in [0, 0.1) is 12.7 Å². The molecule has 0 unspecified atom stereocenters. The third-order valence-corrected chi connectivity index (χ3v) is 3.77. The van der Waals surface area contributed by atoms with E-state index in [1.165, 1.54) is 12.1 Å². The lowest BCUT2D eigenvalue weighted by atomic mass is 10.1. The summed E-state index contributed by atoms with van der Waals surface area (Å²) in [7, 11) is 1.79. The smallest absolute Gasteiger partial charge is 0.233 e. The second kappa shape index (κ2) is 6.72. The number of aromatic nitrogens is 2. The average Bonchev–Trinajstić information content (AvgIpc) is 3.02. The summed E-state index contributed by atoms with van der Waals surface area (Å²) in [4.78, 5) is 0. The number of hydrogen-bond donors (Lipinski definition) is 1. The van der Waals surface area contributed by atoms with Crippen LogP contribution in [0.4, 0.5) is 10.1 Å². The van der Waals surface area contributed by atoms with Crippen LogP contribution in [-0.4, -0.2) is 16.8 Å². The maximum Gasteiger partial charge on any atom is 0.233 e. The van der Waals surface area contributed by atoms with E-state index >= 15 is 0 Å². The Morgan fingerprint density at radius 1 is 1.21 bits per heavy atom. The van der Waals surface area contributed by atoms with Crippen molar-refractivity contribution in [2.45, 2.75) is 13.5 Å². The van der Waals surface area contributed by atoms with Crippen molar-refractivity contribution in [1.82, 2.24) is 9.78 Å². The number of aryl methyl sites for hydroxylation is 1. The molecule has 0 spiro atoms. The van der Waals surface area contributed by atoms with Crippen LogP contribution in [-0.2, 0) is 6.61 Å². The van der Waals surface area contributed by atoms with Crippen LogP contribution >= 0.6 is 0 Å². The van der Waals surface area contributed by atoms with Gasteiger partial charge in [-0.3, -0.25) is 0 Å². The quantitative estimate of drug-likeness (QED) is 0.578. The van der Waals surface area contributed by atoms with E-state index in [0.29, 0.717) is 18.2 Å². The highest BCUT2D eigenvalue weighted by molar-refractivity contribution is 5.55. The Morgan fingerprint density at radius 2 is 2.00 bits per heavy atom. The van der Waals surface area contributed by atoms with Gasteiger partial charge in [0.25, 0.3) is 0 Å². The zero-order chi connectivity index (χ0) is 17.1. The molecule has 124 valence electrons. The molecule has 2 N–H and O–H groups in total. The van der Waals surface area contributed by atoms with E-state index in [2.05, 4.69) is 5.10 Å². The van der Waals surface area contributed by atoms with Crippen LogP contribution in [0.15, 0.2) is 54.7 Å². The summed E-state index contributed by atoms with van der Waals surface area (Å²) in [6, 6.07) is 13.9. The average molecular weight is 326 g/mol. The van der Waals surface area contributed by atoms with Crippen molar-refractivity contribution < 1.29 is 9.13 Å². The molecule has 24 heavy (non-hydrogen) atoms. The minimum atomic E-state index is -0.305. The number of nitrogens with two attached hydrogens (primary N) is 1. The Bertz CT molecular complexity index is 845. The van der Waals surface area contributed by atoms with Crippen LogP contribution < -0.4 is 15.6 Å². The van der Waals surface area contributed by atoms with Gasteiger partial charge in [0.2, 0.25) is 5.88 Å². The van der Waals surface area contributed by atoms with Gasteiger partial charge in [0.15, 0.2) is 0 Å². The number of ether oxygens (including phenoxy) is 1. The molecular formula is C18H19FN4O. The standard InChI is InChI=1S/C18H19FN4O/c1-13-5-3-8-17(22(2)20)16(13)12-24-18-9-10-23(21-18)15-7-4-6-14(19)11-15/h3-11H,12,20H2,1-2H3. The van der Waals surface area contributed by atoms with Crippen LogP contribution in [0.2, 0.25) is 0 Å². The molecule has 6 heteroatoms. The van der Waals surface area contributed by atoms with E-state index in [1.807, 2.05) is 25.1 Å². The fraction of sp³-hybridized carbons (Fsp3) is 0.167. The summed E-state index contributed by atoms with van der Waals surface area (Å²) in [6.07, 6.45) is 1.73. The van der Waals surface area contributed by atoms with E-state index in [4.69, 9.17) is 10.6 Å². The van der Waals surface area contributed by atoms with Gasteiger partial charge < -0.3 is 9.75 Å². The normalized spacial score (nSPS) is 10.7. The summed E-state index contributed by atoms with van der Waals surface area (Å²) >= 11 is 0. The van der Waals surface area contributed by atoms with Crippen molar-refractivity contribution >= 4 is 5.69 Å². The second-order valence-corrected chi connectivity index (χ2v) is 5.55. The molecule has 2 aromatic carbocycles. The molecule has 0 aliphatic heterocycles. The van der Waals surface area contributed by atoms with Gasteiger partial charge in [-0.2, -0.15) is 0 Å². The number of hydrazine groups is 1. The van der Waals surface area contributed by atoms with Crippen molar-refractivity contribution in [1.29, 1.82) is 0 Å². The highest BCUT2D eigenvalue weighted by Gasteiger charge is 2.10. The largest absolute Gasteiger partial charge is 0.472 e. The number of halogens is 1. The van der Waals surface area contributed by atoms with Gasteiger partial charge in [0, 0.05) is 24.9 Å². The molecule has 0 saturated heterocycles. The van der Waals surface area contributed by atoms with Crippen molar-refractivity contribution in [3.8, 4) is 11.6 Å². The summed E-state index contributed by atoms with van der Waals surface area (Å²) in [5, 5.41) is 5.89. The first-order valence-electron chi connectivity index (χ1n) is 7.56. The topological polar surface area (TPSA) is 56.3 Å². The van der Waals surface area contributed by atoms with Gasteiger partial charge in [-0.15, -0.1) is 5.10 Å². The van der Waals surface area contributed by atoms with Crippen LogP contribution in [0.5, 0.6) is 5.88 Å². The second-order valence-electron chi connectivity index (χ2n) is 5.55. The van der Waals surface area contributed by atoms with E-state index < -0.39 is 0 Å². The summed E-state index contributed by atoms with van der Waals surface area (Å²) in [5.74, 6) is 6.03. The first kappa shape index (κ1) is 16.0. The maximum atomic E-state index is 13.3. The molecule has 0 aliphatic carbocycles. The molecule has 0 saturated carbocycles. The highest BCUT2D eigenvalue weighted by Crippen LogP contribution is 2.23. The molecule has 0 fully saturated rings. The minimum Gasteiger partial charge on any atom is -0.472 e. The van der Waals surface area contributed by atoms with Crippen molar-refractivity contribution in [3.63, 3.8) is 0 Å². The van der Waals surface area contributed by atoms with Gasteiger partial charge in [-0.25, -0.2) is 14.9 Å². The minimum absolute atomic E-state index is 0.305. The van der Waals surface area contributed by atoms with Crippen LogP contribution in [0.25, 0.3) is 5.69 Å². The Kier molecular flexibility index (Phi) is 4.48. The van der Waals surface area contributed by atoms with Crippen molar-refractivity contribution in [2.75, 3.05) is 12.1 Å². The zero-order valence-electron chi connectivity index (χ0n) is 13.6. The predicted molar refractivity (Wildman–Crippen MR) is 91.6 cm³/mol. The Hall–Kier alpha value is -2.86. The summed E-state index contributed by atoms with van der Waals surface area (Å²) in [6.45, 7) is 2.36. The lowest BCUT2D eigenvalue weighted by Gasteiger charge is -2.18. The number of anilines is 1. The van der Waals surface area contributed by atoms with E-state index in [-0.39, 0.29) is 5.82 Å². The fourth-order valence-corrected chi connectivity index (χ4v) is 2.50. The molecule has 3 aromatic rings. The SMILES string of the molecule is Cc1cccc(N(C)N)c1COc1ccn(-c2cccc(F)c2)n1. The predicted octanol–water partition coefficient (Wildman–Crippen LogP) is 3.21. The molecule has 0 bridgehead atoms.